The van der Waals surface area contributed by atoms with Crippen LogP contribution in [0.1, 0.15) is 11.1 Å². The molecule has 22 heavy (non-hydrogen) atoms. The van der Waals surface area contributed by atoms with E-state index >= 15 is 0 Å². The molecular weight excluding hydrogens is 280 g/mol. The van der Waals surface area contributed by atoms with Gasteiger partial charge in [-0.15, -0.1) is 10.2 Å². The maximum absolute atomic E-state index is 5.82. The number of nitrogens with zero attached hydrogens (tertiary/aromatic N) is 2. The number of aryl methyl sites for hydroxylation is 1. The molecule has 0 aliphatic rings. The molecule has 0 aliphatic heterocycles. The predicted molar refractivity (Wildman–Crippen MR) is 81.8 cm³/mol. The summed E-state index contributed by atoms with van der Waals surface area (Å²) in [5, 5.41) is 7.53. The molecule has 0 atom stereocenters. The highest BCUT2D eigenvalue weighted by molar-refractivity contribution is 5.53. The first-order valence-electron chi connectivity index (χ1n) is 6.89. The lowest BCUT2D eigenvalue weighted by Gasteiger charge is -2.11. The summed E-state index contributed by atoms with van der Waals surface area (Å²) in [4.78, 5) is 0. The summed E-state index contributed by atoms with van der Waals surface area (Å²) in [5.74, 6) is 2.09. The lowest BCUT2D eigenvalue weighted by Crippen LogP contribution is -1.99. The van der Waals surface area contributed by atoms with Crippen LogP contribution in [0.2, 0.25) is 0 Å². The molecular formula is C17H16N2O3. The minimum Gasteiger partial charge on any atom is -0.496 e. The molecule has 0 N–H and O–H groups in total. The lowest BCUT2D eigenvalue weighted by atomic mass is 10.1. The molecule has 3 aromatic rings. The van der Waals surface area contributed by atoms with Crippen LogP contribution >= 0.6 is 0 Å². The maximum atomic E-state index is 5.82. The quantitative estimate of drug-likeness (QED) is 0.719. The van der Waals surface area contributed by atoms with Crippen molar-refractivity contribution in [2.24, 2.45) is 0 Å². The number of methoxy groups -OCH3 is 1. The third-order valence-corrected chi connectivity index (χ3v) is 3.29. The van der Waals surface area contributed by atoms with Crippen molar-refractivity contribution in [2.45, 2.75) is 13.5 Å². The molecule has 3 rings (SSSR count). The molecule has 1 aromatic heterocycles. The zero-order chi connectivity index (χ0) is 15.4. The van der Waals surface area contributed by atoms with Crippen molar-refractivity contribution in [3.8, 4) is 23.0 Å². The zero-order valence-electron chi connectivity index (χ0n) is 12.4. The fourth-order valence-electron chi connectivity index (χ4n) is 2.17. The number of hydrogen-bond acceptors (Lipinski definition) is 5. The van der Waals surface area contributed by atoms with Gasteiger partial charge in [0.2, 0.25) is 12.3 Å². The highest BCUT2D eigenvalue weighted by Gasteiger charge is 2.06. The molecule has 5 heteroatoms. The van der Waals surface area contributed by atoms with E-state index in [1.807, 2.05) is 43.3 Å². The van der Waals surface area contributed by atoms with Gasteiger partial charge in [-0.2, -0.15) is 0 Å². The summed E-state index contributed by atoms with van der Waals surface area (Å²) in [7, 11) is 1.66. The Morgan fingerprint density at radius 1 is 1.09 bits per heavy atom. The van der Waals surface area contributed by atoms with Gasteiger partial charge in [0.15, 0.2) is 0 Å². The fraction of sp³-hybridized carbons (Fsp3) is 0.176. The Balaban J connectivity index is 1.70. The summed E-state index contributed by atoms with van der Waals surface area (Å²) in [6.45, 7) is 2.49. The zero-order valence-corrected chi connectivity index (χ0v) is 12.4. The maximum Gasteiger partial charge on any atom is 0.247 e. The Morgan fingerprint density at radius 3 is 2.59 bits per heavy atom. The Hall–Kier alpha value is -2.82. The summed E-state index contributed by atoms with van der Waals surface area (Å²) in [6, 6.07) is 13.6. The number of ether oxygens (including phenoxy) is 2. The van der Waals surface area contributed by atoms with E-state index in [4.69, 9.17) is 13.9 Å². The summed E-state index contributed by atoms with van der Waals surface area (Å²) in [5.41, 5.74) is 3.05. The van der Waals surface area contributed by atoms with Crippen molar-refractivity contribution in [2.75, 3.05) is 7.11 Å². The predicted octanol–water partition coefficient (Wildman–Crippen LogP) is 3.63. The molecule has 2 aromatic carbocycles. The number of benzene rings is 2. The van der Waals surface area contributed by atoms with Crippen molar-refractivity contribution >= 4 is 0 Å². The second-order valence-corrected chi connectivity index (χ2v) is 4.87. The third-order valence-electron chi connectivity index (χ3n) is 3.29. The average Bonchev–Trinajstić information content (AvgIpc) is 3.08. The number of aromatic nitrogens is 2. The second-order valence-electron chi connectivity index (χ2n) is 4.87. The smallest absolute Gasteiger partial charge is 0.247 e. The summed E-state index contributed by atoms with van der Waals surface area (Å²) < 4.78 is 16.3. The minimum absolute atomic E-state index is 0.449. The average molecular weight is 296 g/mol. The topological polar surface area (TPSA) is 57.4 Å². The standard InChI is InChI=1S/C17H16N2O3/c1-12-3-8-16(20-2)14(9-12)10-21-15-6-4-13(5-7-15)17-19-18-11-22-17/h3-9,11H,10H2,1-2H3. The van der Waals surface area contributed by atoms with Gasteiger partial charge in [0, 0.05) is 11.1 Å². The molecule has 0 aliphatic carbocycles. The highest BCUT2D eigenvalue weighted by atomic mass is 16.5. The van der Waals surface area contributed by atoms with E-state index in [0.29, 0.717) is 12.5 Å². The van der Waals surface area contributed by atoms with Crippen LogP contribution in [0.15, 0.2) is 53.3 Å². The van der Waals surface area contributed by atoms with Crippen LogP contribution in [0.25, 0.3) is 11.5 Å². The van der Waals surface area contributed by atoms with E-state index in [-0.39, 0.29) is 0 Å². The van der Waals surface area contributed by atoms with E-state index in [0.717, 1.165) is 22.6 Å². The molecule has 1 heterocycles. The number of rotatable bonds is 5. The van der Waals surface area contributed by atoms with Crippen molar-refractivity contribution in [3.63, 3.8) is 0 Å². The molecule has 0 fully saturated rings. The van der Waals surface area contributed by atoms with Gasteiger partial charge in [-0.05, 0) is 43.3 Å². The first kappa shape index (κ1) is 14.1. The van der Waals surface area contributed by atoms with Crippen molar-refractivity contribution in [1.29, 1.82) is 0 Å². The molecule has 112 valence electrons. The Labute approximate surface area is 128 Å². The van der Waals surface area contributed by atoms with Gasteiger partial charge in [-0.25, -0.2) is 0 Å². The highest BCUT2D eigenvalue weighted by Crippen LogP contribution is 2.24. The molecule has 0 saturated heterocycles. The normalized spacial score (nSPS) is 10.5. The monoisotopic (exact) mass is 296 g/mol. The first-order valence-corrected chi connectivity index (χ1v) is 6.89. The summed E-state index contributed by atoms with van der Waals surface area (Å²) >= 11 is 0. The lowest BCUT2D eigenvalue weighted by molar-refractivity contribution is 0.296. The largest absolute Gasteiger partial charge is 0.496 e. The van der Waals surface area contributed by atoms with E-state index < -0.39 is 0 Å². The van der Waals surface area contributed by atoms with Crippen LogP contribution in [0.5, 0.6) is 11.5 Å². The Morgan fingerprint density at radius 2 is 1.91 bits per heavy atom. The molecule has 0 unspecified atom stereocenters. The van der Waals surface area contributed by atoms with E-state index in [1.165, 1.54) is 12.0 Å². The molecule has 0 saturated carbocycles. The van der Waals surface area contributed by atoms with Gasteiger partial charge in [0.1, 0.15) is 18.1 Å². The van der Waals surface area contributed by atoms with Crippen LogP contribution in [0, 0.1) is 6.92 Å². The number of hydrogen-bond donors (Lipinski definition) is 0. The van der Waals surface area contributed by atoms with Gasteiger partial charge in [0.05, 0.1) is 7.11 Å². The molecule has 0 bridgehead atoms. The van der Waals surface area contributed by atoms with Gasteiger partial charge in [-0.3, -0.25) is 0 Å². The SMILES string of the molecule is COc1ccc(C)cc1COc1ccc(-c2nnco2)cc1. The van der Waals surface area contributed by atoms with Gasteiger partial charge in [0.25, 0.3) is 0 Å². The molecule has 0 radical (unpaired) electrons. The van der Waals surface area contributed by atoms with E-state index in [2.05, 4.69) is 16.3 Å². The summed E-state index contributed by atoms with van der Waals surface area (Å²) in [6.07, 6.45) is 1.31. The fourth-order valence-corrected chi connectivity index (χ4v) is 2.17. The van der Waals surface area contributed by atoms with Gasteiger partial charge >= 0.3 is 0 Å². The van der Waals surface area contributed by atoms with Crippen molar-refractivity contribution in [1.82, 2.24) is 10.2 Å². The van der Waals surface area contributed by atoms with Crippen LogP contribution in [-0.2, 0) is 6.61 Å². The second kappa shape index (κ2) is 6.30. The van der Waals surface area contributed by atoms with E-state index in [9.17, 15) is 0 Å². The third kappa shape index (κ3) is 3.09. The van der Waals surface area contributed by atoms with Gasteiger partial charge < -0.3 is 13.9 Å². The molecule has 0 spiro atoms. The van der Waals surface area contributed by atoms with Crippen LogP contribution in [-0.4, -0.2) is 17.3 Å². The molecule has 5 nitrogen and oxygen atoms in total. The van der Waals surface area contributed by atoms with Crippen LogP contribution in [0.3, 0.4) is 0 Å². The Bertz CT molecular complexity index is 737. The van der Waals surface area contributed by atoms with Crippen LogP contribution < -0.4 is 9.47 Å². The van der Waals surface area contributed by atoms with Crippen LogP contribution in [0.4, 0.5) is 0 Å². The van der Waals surface area contributed by atoms with Gasteiger partial charge in [-0.1, -0.05) is 11.6 Å². The first-order chi connectivity index (χ1) is 10.8. The minimum atomic E-state index is 0.449. The van der Waals surface area contributed by atoms with Crippen molar-refractivity contribution < 1.29 is 13.9 Å². The Kier molecular flexibility index (Phi) is 4.05. The molecule has 0 amide bonds. The van der Waals surface area contributed by atoms with Crippen molar-refractivity contribution in [3.05, 3.63) is 60.0 Å². The van der Waals surface area contributed by atoms with E-state index in [1.54, 1.807) is 7.11 Å².